The molecule has 0 radical (unpaired) electrons. The monoisotopic (exact) mass is 356 g/mol. The molecule has 1 nitrogen and oxygen atoms in total. The highest BCUT2D eigenvalue weighted by molar-refractivity contribution is 9.10. The van der Waals surface area contributed by atoms with E-state index in [1.807, 2.05) is 0 Å². The summed E-state index contributed by atoms with van der Waals surface area (Å²) < 4.78 is 1.03. The summed E-state index contributed by atoms with van der Waals surface area (Å²) in [6.45, 7) is 6.61. The van der Waals surface area contributed by atoms with Crippen LogP contribution in [0.25, 0.3) is 0 Å². The van der Waals surface area contributed by atoms with Crippen LogP contribution in [-0.2, 0) is 15.6 Å². The van der Waals surface area contributed by atoms with Gasteiger partial charge in [-0.05, 0) is 54.0 Å². The number of rotatable bonds is 2. The van der Waals surface area contributed by atoms with Gasteiger partial charge in [0.05, 0.1) is 5.41 Å². The molecule has 0 saturated heterocycles. The summed E-state index contributed by atoms with van der Waals surface area (Å²) in [6, 6.07) is 14.8. The van der Waals surface area contributed by atoms with Gasteiger partial charge in [-0.3, -0.25) is 0 Å². The molecule has 22 heavy (non-hydrogen) atoms. The molecule has 1 aliphatic carbocycles. The Labute approximate surface area is 140 Å². The smallest absolute Gasteiger partial charge is 0.134 e. The third-order valence-electron chi connectivity index (χ3n) is 5.10. The first-order valence-corrected chi connectivity index (χ1v) is 8.52. The molecule has 0 bridgehead atoms. The molecule has 0 aromatic heterocycles. The summed E-state index contributed by atoms with van der Waals surface area (Å²) in [7, 11) is 0. The van der Waals surface area contributed by atoms with Crippen LogP contribution in [0.5, 0.6) is 0 Å². The standard InChI is InChI=1S/C20H21BrO/c1-14-4-6-15(7-5-14)20(13-22)11-10-19(2,3)17-9-8-16(21)12-18(17)20/h4-9,12-13H,10-11H2,1-3H3. The Hall–Kier alpha value is -1.41. The average Bonchev–Trinajstić information content (AvgIpc) is 2.49. The predicted molar refractivity (Wildman–Crippen MR) is 94.4 cm³/mol. The van der Waals surface area contributed by atoms with Crippen LogP contribution in [0.4, 0.5) is 0 Å². The molecular formula is C20H21BrO. The summed E-state index contributed by atoms with van der Waals surface area (Å²) >= 11 is 3.58. The lowest BCUT2D eigenvalue weighted by atomic mass is 9.60. The molecule has 0 N–H and O–H groups in total. The highest BCUT2D eigenvalue weighted by atomic mass is 79.9. The number of carbonyl (C=O) groups excluding carboxylic acids is 1. The molecule has 2 aromatic carbocycles. The zero-order valence-corrected chi connectivity index (χ0v) is 14.9. The summed E-state index contributed by atoms with van der Waals surface area (Å²) in [4.78, 5) is 12.2. The van der Waals surface area contributed by atoms with Crippen LogP contribution >= 0.6 is 15.9 Å². The number of hydrogen-bond donors (Lipinski definition) is 0. The lowest BCUT2D eigenvalue weighted by Gasteiger charge is -2.43. The van der Waals surface area contributed by atoms with Gasteiger partial charge in [-0.15, -0.1) is 0 Å². The van der Waals surface area contributed by atoms with Gasteiger partial charge in [-0.2, -0.15) is 0 Å². The lowest BCUT2D eigenvalue weighted by Crippen LogP contribution is -2.39. The molecule has 1 aliphatic rings. The fraction of sp³-hybridized carbons (Fsp3) is 0.350. The number of halogens is 1. The fourth-order valence-electron chi connectivity index (χ4n) is 3.60. The van der Waals surface area contributed by atoms with Crippen molar-refractivity contribution in [3.05, 3.63) is 69.2 Å². The fourth-order valence-corrected chi connectivity index (χ4v) is 3.96. The Balaban J connectivity index is 2.28. The molecule has 0 spiro atoms. The molecule has 1 unspecified atom stereocenters. The van der Waals surface area contributed by atoms with E-state index in [-0.39, 0.29) is 5.41 Å². The maximum Gasteiger partial charge on any atom is 0.134 e. The van der Waals surface area contributed by atoms with Crippen LogP contribution in [0.2, 0.25) is 0 Å². The van der Waals surface area contributed by atoms with E-state index in [9.17, 15) is 4.79 Å². The van der Waals surface area contributed by atoms with E-state index in [0.717, 1.165) is 34.7 Å². The van der Waals surface area contributed by atoms with Crippen LogP contribution in [-0.4, -0.2) is 6.29 Å². The van der Waals surface area contributed by atoms with Gasteiger partial charge in [-0.25, -0.2) is 0 Å². The van der Waals surface area contributed by atoms with Crippen LogP contribution in [0.1, 0.15) is 48.9 Å². The first-order chi connectivity index (χ1) is 10.4. The van der Waals surface area contributed by atoms with Crippen molar-refractivity contribution in [3.63, 3.8) is 0 Å². The van der Waals surface area contributed by atoms with Crippen LogP contribution in [0, 0.1) is 6.92 Å². The van der Waals surface area contributed by atoms with Crippen molar-refractivity contribution >= 4 is 22.2 Å². The molecule has 0 amide bonds. The largest absolute Gasteiger partial charge is 0.302 e. The lowest BCUT2D eigenvalue weighted by molar-refractivity contribution is -0.112. The molecule has 3 rings (SSSR count). The molecule has 0 aliphatic heterocycles. The van der Waals surface area contributed by atoms with Crippen LogP contribution in [0.15, 0.2) is 46.9 Å². The number of fused-ring (bicyclic) bond motifs is 1. The highest BCUT2D eigenvalue weighted by Crippen LogP contribution is 2.49. The molecule has 1 atom stereocenters. The molecule has 2 aromatic rings. The second-order valence-electron chi connectivity index (χ2n) is 7.03. The van der Waals surface area contributed by atoms with Crippen molar-refractivity contribution in [2.45, 2.75) is 44.4 Å². The number of aryl methyl sites for hydroxylation is 1. The van der Waals surface area contributed by atoms with Crippen molar-refractivity contribution in [2.24, 2.45) is 0 Å². The minimum absolute atomic E-state index is 0.104. The van der Waals surface area contributed by atoms with Gasteiger partial charge in [-0.1, -0.05) is 65.7 Å². The first-order valence-electron chi connectivity index (χ1n) is 7.73. The third-order valence-corrected chi connectivity index (χ3v) is 5.60. The molecule has 0 fully saturated rings. The maximum atomic E-state index is 12.2. The van der Waals surface area contributed by atoms with Crippen LogP contribution in [0.3, 0.4) is 0 Å². The third kappa shape index (κ3) is 2.34. The Kier molecular flexibility index (Phi) is 3.76. The van der Waals surface area contributed by atoms with E-state index in [1.165, 1.54) is 11.1 Å². The molecular weight excluding hydrogens is 336 g/mol. The van der Waals surface area contributed by atoms with Gasteiger partial charge in [0.15, 0.2) is 0 Å². The quantitative estimate of drug-likeness (QED) is 0.666. The van der Waals surface area contributed by atoms with Crippen molar-refractivity contribution < 1.29 is 4.79 Å². The van der Waals surface area contributed by atoms with Gasteiger partial charge < -0.3 is 4.79 Å². The Bertz CT molecular complexity index is 715. The number of benzene rings is 2. The summed E-state index contributed by atoms with van der Waals surface area (Å²) in [5, 5.41) is 0. The number of hydrogen-bond acceptors (Lipinski definition) is 1. The van der Waals surface area contributed by atoms with E-state index in [1.54, 1.807) is 0 Å². The minimum atomic E-state index is -0.525. The Morgan fingerprint density at radius 2 is 1.68 bits per heavy atom. The van der Waals surface area contributed by atoms with Crippen molar-refractivity contribution in [1.29, 1.82) is 0 Å². The molecule has 0 heterocycles. The van der Waals surface area contributed by atoms with E-state index >= 15 is 0 Å². The van der Waals surface area contributed by atoms with Gasteiger partial charge in [0.2, 0.25) is 0 Å². The molecule has 0 saturated carbocycles. The van der Waals surface area contributed by atoms with Gasteiger partial charge in [0, 0.05) is 4.47 Å². The first kappa shape index (κ1) is 15.5. The van der Waals surface area contributed by atoms with Crippen molar-refractivity contribution in [3.8, 4) is 0 Å². The number of aldehydes is 1. The highest BCUT2D eigenvalue weighted by Gasteiger charge is 2.44. The maximum absolute atomic E-state index is 12.2. The van der Waals surface area contributed by atoms with Gasteiger partial charge >= 0.3 is 0 Å². The summed E-state index contributed by atoms with van der Waals surface area (Å²) in [6.07, 6.45) is 3.02. The van der Waals surface area contributed by atoms with Crippen molar-refractivity contribution in [2.75, 3.05) is 0 Å². The van der Waals surface area contributed by atoms with E-state index in [0.29, 0.717) is 0 Å². The van der Waals surface area contributed by atoms with E-state index in [2.05, 4.69) is 79.2 Å². The molecule has 2 heteroatoms. The Morgan fingerprint density at radius 1 is 1.00 bits per heavy atom. The molecule has 114 valence electrons. The van der Waals surface area contributed by atoms with Crippen molar-refractivity contribution in [1.82, 2.24) is 0 Å². The minimum Gasteiger partial charge on any atom is -0.302 e. The van der Waals surface area contributed by atoms with Gasteiger partial charge in [0.25, 0.3) is 0 Å². The summed E-state index contributed by atoms with van der Waals surface area (Å²) in [5.41, 5.74) is 4.33. The second-order valence-corrected chi connectivity index (χ2v) is 7.94. The Morgan fingerprint density at radius 3 is 2.32 bits per heavy atom. The van der Waals surface area contributed by atoms with Gasteiger partial charge in [0.1, 0.15) is 6.29 Å². The SMILES string of the molecule is Cc1ccc(C2(C=O)CCC(C)(C)c3ccc(Br)cc32)cc1. The normalized spacial score (nSPS) is 22.9. The summed E-state index contributed by atoms with van der Waals surface area (Å²) in [5.74, 6) is 0. The van der Waals surface area contributed by atoms with Crippen LogP contribution < -0.4 is 0 Å². The predicted octanol–water partition coefficient (Wildman–Crippen LogP) is 5.31. The zero-order valence-electron chi connectivity index (χ0n) is 13.3. The van der Waals surface area contributed by atoms with E-state index < -0.39 is 5.41 Å². The average molecular weight is 357 g/mol. The van der Waals surface area contributed by atoms with E-state index in [4.69, 9.17) is 0 Å². The number of carbonyl (C=O) groups is 1. The zero-order chi connectivity index (χ0) is 16.0. The second kappa shape index (κ2) is 5.34. The topological polar surface area (TPSA) is 17.1 Å².